The highest BCUT2D eigenvalue weighted by molar-refractivity contribution is 5.54. The standard InChI is InChI=1S/C12H16FN/c1-3-11-8(2)6-9-7-10(13)4-5-12(9)14-11/h4-5,7-8,11,14H,3,6H2,1-2H3. The van der Waals surface area contributed by atoms with E-state index in [2.05, 4.69) is 19.2 Å². The number of nitrogens with one attached hydrogen (secondary N) is 1. The van der Waals surface area contributed by atoms with Crippen molar-refractivity contribution in [2.24, 2.45) is 5.92 Å². The third kappa shape index (κ3) is 1.61. The molecule has 0 fully saturated rings. The molecule has 1 nitrogen and oxygen atoms in total. The van der Waals surface area contributed by atoms with Crippen LogP contribution in [0, 0.1) is 11.7 Å². The molecular formula is C12H16FN. The Hall–Kier alpha value is -1.05. The summed E-state index contributed by atoms with van der Waals surface area (Å²) in [4.78, 5) is 0. The second-order valence-electron chi connectivity index (χ2n) is 4.14. The van der Waals surface area contributed by atoms with Crippen LogP contribution in [0.1, 0.15) is 25.8 Å². The van der Waals surface area contributed by atoms with Crippen LogP contribution in [-0.4, -0.2) is 6.04 Å². The van der Waals surface area contributed by atoms with Crippen molar-refractivity contribution in [3.63, 3.8) is 0 Å². The molecule has 1 aliphatic rings. The quantitative estimate of drug-likeness (QED) is 0.722. The second kappa shape index (κ2) is 3.60. The van der Waals surface area contributed by atoms with Crippen molar-refractivity contribution < 1.29 is 4.39 Å². The van der Waals surface area contributed by atoms with Crippen LogP contribution in [0.3, 0.4) is 0 Å². The zero-order valence-electron chi connectivity index (χ0n) is 8.68. The van der Waals surface area contributed by atoms with Gasteiger partial charge in [0.15, 0.2) is 0 Å². The molecule has 1 N–H and O–H groups in total. The predicted octanol–water partition coefficient (Wildman–Crippen LogP) is 3.21. The predicted molar refractivity (Wildman–Crippen MR) is 57.0 cm³/mol. The lowest BCUT2D eigenvalue weighted by molar-refractivity contribution is 0.452. The van der Waals surface area contributed by atoms with Gasteiger partial charge in [0.1, 0.15) is 5.82 Å². The molecule has 0 spiro atoms. The fourth-order valence-electron chi connectivity index (χ4n) is 2.21. The monoisotopic (exact) mass is 193 g/mol. The molecule has 2 heteroatoms. The first-order chi connectivity index (χ1) is 6.70. The highest BCUT2D eigenvalue weighted by Gasteiger charge is 2.23. The van der Waals surface area contributed by atoms with Gasteiger partial charge in [-0.2, -0.15) is 0 Å². The van der Waals surface area contributed by atoms with Gasteiger partial charge in [0.05, 0.1) is 0 Å². The number of benzene rings is 1. The third-order valence-corrected chi connectivity index (χ3v) is 3.08. The molecule has 2 rings (SSSR count). The smallest absolute Gasteiger partial charge is 0.123 e. The van der Waals surface area contributed by atoms with Crippen LogP contribution in [0.25, 0.3) is 0 Å². The largest absolute Gasteiger partial charge is 0.382 e. The first-order valence-electron chi connectivity index (χ1n) is 5.25. The van der Waals surface area contributed by atoms with Crippen molar-refractivity contribution in [1.29, 1.82) is 0 Å². The Morgan fingerprint density at radius 3 is 3.00 bits per heavy atom. The molecule has 0 radical (unpaired) electrons. The highest BCUT2D eigenvalue weighted by Crippen LogP contribution is 2.29. The van der Waals surface area contributed by atoms with Gasteiger partial charge in [-0.3, -0.25) is 0 Å². The average Bonchev–Trinajstić information content (AvgIpc) is 2.16. The first kappa shape index (κ1) is 9.50. The molecule has 1 heterocycles. The number of hydrogen-bond acceptors (Lipinski definition) is 1. The molecule has 76 valence electrons. The van der Waals surface area contributed by atoms with Crippen LogP contribution in [-0.2, 0) is 6.42 Å². The van der Waals surface area contributed by atoms with E-state index in [-0.39, 0.29) is 5.82 Å². The maximum Gasteiger partial charge on any atom is 0.123 e. The molecule has 14 heavy (non-hydrogen) atoms. The summed E-state index contributed by atoms with van der Waals surface area (Å²) < 4.78 is 13.0. The van der Waals surface area contributed by atoms with Gasteiger partial charge < -0.3 is 5.32 Å². The zero-order chi connectivity index (χ0) is 10.1. The number of fused-ring (bicyclic) bond motifs is 1. The maximum atomic E-state index is 13.0. The summed E-state index contributed by atoms with van der Waals surface area (Å²) in [5.41, 5.74) is 2.22. The van der Waals surface area contributed by atoms with Crippen molar-refractivity contribution in [3.05, 3.63) is 29.6 Å². The van der Waals surface area contributed by atoms with Crippen LogP contribution in [0.5, 0.6) is 0 Å². The topological polar surface area (TPSA) is 12.0 Å². The molecule has 1 aliphatic heterocycles. The van der Waals surface area contributed by atoms with Gasteiger partial charge in [-0.15, -0.1) is 0 Å². The summed E-state index contributed by atoms with van der Waals surface area (Å²) in [5.74, 6) is 0.460. The second-order valence-corrected chi connectivity index (χ2v) is 4.14. The van der Waals surface area contributed by atoms with Crippen molar-refractivity contribution >= 4 is 5.69 Å². The van der Waals surface area contributed by atoms with E-state index in [1.807, 2.05) is 6.07 Å². The minimum atomic E-state index is -0.132. The molecule has 0 amide bonds. The lowest BCUT2D eigenvalue weighted by Crippen LogP contribution is -2.32. The van der Waals surface area contributed by atoms with Gasteiger partial charge in [-0.1, -0.05) is 13.8 Å². The Kier molecular flexibility index (Phi) is 2.44. The van der Waals surface area contributed by atoms with Crippen LogP contribution in [0.4, 0.5) is 10.1 Å². The highest BCUT2D eigenvalue weighted by atomic mass is 19.1. The summed E-state index contributed by atoms with van der Waals surface area (Å²) in [6.07, 6.45) is 2.11. The molecule has 0 aromatic heterocycles. The molecule has 1 aromatic carbocycles. The molecule has 2 atom stereocenters. The molecule has 0 saturated heterocycles. The third-order valence-electron chi connectivity index (χ3n) is 3.08. The van der Waals surface area contributed by atoms with Crippen molar-refractivity contribution in [1.82, 2.24) is 0 Å². The average molecular weight is 193 g/mol. The number of halogens is 1. The van der Waals surface area contributed by atoms with E-state index in [1.54, 1.807) is 6.07 Å². The molecule has 2 unspecified atom stereocenters. The molecule has 0 saturated carbocycles. The van der Waals surface area contributed by atoms with Crippen LogP contribution >= 0.6 is 0 Å². The van der Waals surface area contributed by atoms with Crippen LogP contribution in [0.2, 0.25) is 0 Å². The summed E-state index contributed by atoms with van der Waals surface area (Å²) in [7, 11) is 0. The van der Waals surface area contributed by atoms with Gasteiger partial charge in [-0.25, -0.2) is 4.39 Å². The Morgan fingerprint density at radius 2 is 2.29 bits per heavy atom. The summed E-state index contributed by atoms with van der Waals surface area (Å²) >= 11 is 0. The van der Waals surface area contributed by atoms with Crippen molar-refractivity contribution in [3.8, 4) is 0 Å². The SMILES string of the molecule is CCC1Nc2ccc(F)cc2CC1C. The van der Waals surface area contributed by atoms with E-state index < -0.39 is 0 Å². The lowest BCUT2D eigenvalue weighted by atomic mass is 9.87. The van der Waals surface area contributed by atoms with Crippen molar-refractivity contribution in [2.45, 2.75) is 32.7 Å². The van der Waals surface area contributed by atoms with E-state index in [1.165, 1.54) is 6.07 Å². The summed E-state index contributed by atoms with van der Waals surface area (Å²) in [6.45, 7) is 4.40. The lowest BCUT2D eigenvalue weighted by Gasteiger charge is -2.32. The van der Waals surface area contributed by atoms with E-state index in [0.29, 0.717) is 12.0 Å². The molecule has 0 bridgehead atoms. The Balaban J connectivity index is 2.30. The minimum Gasteiger partial charge on any atom is -0.382 e. The Labute approximate surface area is 84.3 Å². The van der Waals surface area contributed by atoms with Gasteiger partial charge in [0.25, 0.3) is 0 Å². The van der Waals surface area contributed by atoms with E-state index in [0.717, 1.165) is 24.1 Å². The minimum absolute atomic E-state index is 0.132. The Morgan fingerprint density at radius 1 is 1.50 bits per heavy atom. The normalized spacial score (nSPS) is 25.4. The number of anilines is 1. The first-order valence-corrected chi connectivity index (χ1v) is 5.25. The fourth-order valence-corrected chi connectivity index (χ4v) is 2.21. The van der Waals surface area contributed by atoms with E-state index in [9.17, 15) is 4.39 Å². The van der Waals surface area contributed by atoms with Crippen LogP contribution < -0.4 is 5.32 Å². The molecular weight excluding hydrogens is 177 g/mol. The van der Waals surface area contributed by atoms with Gasteiger partial charge in [0, 0.05) is 11.7 Å². The van der Waals surface area contributed by atoms with Crippen molar-refractivity contribution in [2.75, 3.05) is 5.32 Å². The number of rotatable bonds is 1. The van der Waals surface area contributed by atoms with E-state index >= 15 is 0 Å². The zero-order valence-corrected chi connectivity index (χ0v) is 8.68. The van der Waals surface area contributed by atoms with E-state index in [4.69, 9.17) is 0 Å². The molecule has 0 aliphatic carbocycles. The van der Waals surface area contributed by atoms with Gasteiger partial charge in [-0.05, 0) is 42.5 Å². The van der Waals surface area contributed by atoms with Gasteiger partial charge >= 0.3 is 0 Å². The summed E-state index contributed by atoms with van der Waals surface area (Å²) in [6, 6.07) is 5.55. The van der Waals surface area contributed by atoms with Crippen LogP contribution in [0.15, 0.2) is 18.2 Å². The fraction of sp³-hybridized carbons (Fsp3) is 0.500. The Bertz CT molecular complexity index is 335. The van der Waals surface area contributed by atoms with Gasteiger partial charge in [0.2, 0.25) is 0 Å². The molecule has 1 aromatic rings. The number of hydrogen-bond donors (Lipinski definition) is 1. The maximum absolute atomic E-state index is 13.0. The summed E-state index contributed by atoms with van der Waals surface area (Å²) in [5, 5.41) is 3.46.